The zero-order valence-corrected chi connectivity index (χ0v) is 50.6. The molecule has 0 N–H and O–H groups in total. The first-order valence-corrected chi connectivity index (χ1v) is 36.4. The van der Waals surface area contributed by atoms with Crippen LogP contribution in [-0.2, 0) is 0 Å². The number of hydrogen-bond acceptors (Lipinski definition) is 4. The Hall–Kier alpha value is -0.980. The minimum absolute atomic E-state index is 0.170. The van der Waals surface area contributed by atoms with Gasteiger partial charge in [-0.2, -0.15) is 0 Å². The van der Waals surface area contributed by atoms with Crippen LogP contribution in [0.1, 0.15) is 333 Å². The molecule has 0 heterocycles. The van der Waals surface area contributed by atoms with Crippen molar-refractivity contribution in [3.63, 3.8) is 0 Å². The molecule has 0 radical (unpaired) electrons. The fraction of sp³-hybridized carbons (Fsp3) is 0.875. The molecular weight excluding hydrogens is 895 g/mol. The monoisotopic (exact) mass is 1020 g/mol. The van der Waals surface area contributed by atoms with E-state index in [1.165, 1.54) is 262 Å². The van der Waals surface area contributed by atoms with E-state index in [2.05, 4.69) is 55.4 Å². The summed E-state index contributed by atoms with van der Waals surface area (Å²) in [5, 5.41) is 20.5. The Morgan fingerprint density at radius 3 is 0.643 bits per heavy atom. The van der Waals surface area contributed by atoms with Gasteiger partial charge in [0.05, 0.1) is 61.2 Å². The Balaban J connectivity index is 0. The number of carbonyl (C=O) groups excluding carboxylic acids is 2. The lowest BCUT2D eigenvalue weighted by atomic mass is 10.0. The van der Waals surface area contributed by atoms with Crippen molar-refractivity contribution in [3.8, 4) is 0 Å². The highest BCUT2D eigenvalue weighted by molar-refractivity contribution is 7.76. The van der Waals surface area contributed by atoms with Gasteiger partial charge in [0.15, 0.2) is 0 Å². The van der Waals surface area contributed by atoms with Crippen LogP contribution in [0.25, 0.3) is 0 Å². The van der Waals surface area contributed by atoms with E-state index >= 15 is 0 Å². The van der Waals surface area contributed by atoms with Crippen LogP contribution in [0.5, 0.6) is 0 Å². The van der Waals surface area contributed by atoms with E-state index in [0.717, 1.165) is 6.07 Å². The number of unbranched alkanes of at least 4 members (excludes halogenated alkanes) is 32. The molecule has 1 rings (SSSR count). The van der Waals surface area contributed by atoms with Crippen LogP contribution in [0.3, 0.4) is 0 Å². The molecule has 0 aromatic heterocycles. The largest absolute Gasteiger partial charge is 0.545 e. The van der Waals surface area contributed by atoms with Crippen LogP contribution >= 0.6 is 14.5 Å². The molecule has 1 aromatic carbocycles. The number of benzene rings is 1. The normalized spacial score (nSPS) is 11.5. The predicted octanol–water partition coefficient (Wildman–Crippen LogP) is 20.2. The minimum atomic E-state index is -1.40. The van der Waals surface area contributed by atoms with Crippen molar-refractivity contribution in [2.45, 2.75) is 312 Å². The molecule has 6 heteroatoms. The molecule has 1 aromatic rings. The molecule has 0 atom stereocenters. The molecule has 0 aliphatic carbocycles. The lowest BCUT2D eigenvalue weighted by Crippen LogP contribution is -2.25. The average molecular weight is 1020 g/mol. The molecule has 0 amide bonds. The summed E-state index contributed by atoms with van der Waals surface area (Å²) in [5.74, 6) is -2.81. The van der Waals surface area contributed by atoms with E-state index in [9.17, 15) is 19.8 Å². The van der Waals surface area contributed by atoms with Gasteiger partial charge in [0.2, 0.25) is 0 Å². The molecule has 0 aliphatic heterocycles. The van der Waals surface area contributed by atoms with Crippen LogP contribution in [-0.4, -0.2) is 61.2 Å². The van der Waals surface area contributed by atoms with Crippen molar-refractivity contribution in [1.82, 2.24) is 0 Å². The predicted molar refractivity (Wildman–Crippen MR) is 318 cm³/mol. The van der Waals surface area contributed by atoms with Gasteiger partial charge in [-0.25, -0.2) is 0 Å². The first-order valence-electron chi connectivity index (χ1n) is 31.3. The average Bonchev–Trinajstić information content (AvgIpc) is 3.37. The minimum Gasteiger partial charge on any atom is -0.545 e. The maximum Gasteiger partial charge on any atom is 0.0715 e. The van der Waals surface area contributed by atoms with Crippen molar-refractivity contribution in [2.24, 2.45) is 0 Å². The number of aromatic carboxylic acids is 2. The topological polar surface area (TPSA) is 80.3 Å². The Bertz CT molecular complexity index is 1100. The highest BCUT2D eigenvalue weighted by Gasteiger charge is 2.35. The first-order chi connectivity index (χ1) is 34.1. The third-order valence-electron chi connectivity index (χ3n) is 15.2. The van der Waals surface area contributed by atoms with Crippen molar-refractivity contribution in [3.05, 3.63) is 35.4 Å². The summed E-state index contributed by atoms with van der Waals surface area (Å²) >= 11 is 0. The zero-order chi connectivity index (χ0) is 52.1. The second kappa shape index (κ2) is 54.3. The van der Waals surface area contributed by atoms with E-state index in [-0.39, 0.29) is 11.1 Å². The summed E-state index contributed by atoms with van der Waals surface area (Å²) in [5.41, 5.74) is -0.339. The molecule has 0 saturated carbocycles. The van der Waals surface area contributed by atoms with E-state index in [1.807, 2.05) is 0 Å². The Labute approximate surface area is 441 Å². The molecule has 0 spiro atoms. The maximum atomic E-state index is 10.3. The van der Waals surface area contributed by atoms with Crippen molar-refractivity contribution >= 4 is 26.5 Å². The van der Waals surface area contributed by atoms with Gasteiger partial charge in [0, 0.05) is 14.5 Å². The Morgan fingerprint density at radius 1 is 0.286 bits per heavy atom. The Kier molecular flexibility index (Phi) is 55.1. The second-order valence-electron chi connectivity index (χ2n) is 21.9. The van der Waals surface area contributed by atoms with Gasteiger partial charge in [-0.05, 0) is 81.4 Å². The van der Waals surface area contributed by atoms with Crippen LogP contribution in [0.4, 0.5) is 0 Å². The van der Waals surface area contributed by atoms with Crippen LogP contribution < -0.4 is 10.2 Å². The number of carboxylic acids is 2. The van der Waals surface area contributed by atoms with Gasteiger partial charge in [0.1, 0.15) is 0 Å². The van der Waals surface area contributed by atoms with E-state index in [0.29, 0.717) is 0 Å². The summed E-state index contributed by atoms with van der Waals surface area (Å²) in [7, 11) is -1.26. The highest BCUT2D eigenvalue weighted by Crippen LogP contribution is 2.62. The van der Waals surface area contributed by atoms with Crippen LogP contribution in [0, 0.1) is 0 Å². The fourth-order valence-electron chi connectivity index (χ4n) is 10.4. The third-order valence-corrected chi connectivity index (χ3v) is 25.3. The van der Waals surface area contributed by atoms with E-state index in [1.54, 1.807) is 62.1 Å². The van der Waals surface area contributed by atoms with Crippen LogP contribution in [0.15, 0.2) is 24.3 Å². The summed E-state index contributed by atoms with van der Waals surface area (Å²) in [6.07, 6.45) is 71.9. The summed E-state index contributed by atoms with van der Waals surface area (Å²) < 4.78 is 0. The maximum absolute atomic E-state index is 10.3. The van der Waals surface area contributed by atoms with Gasteiger partial charge in [-0.3, -0.25) is 0 Å². The van der Waals surface area contributed by atoms with Gasteiger partial charge in [-0.1, -0.05) is 266 Å². The lowest BCUT2D eigenvalue weighted by molar-refractivity contribution is -0.255. The Morgan fingerprint density at radius 2 is 0.457 bits per heavy atom. The molecule has 0 fully saturated rings. The second-order valence-corrected chi connectivity index (χ2v) is 30.9. The van der Waals surface area contributed by atoms with Gasteiger partial charge >= 0.3 is 0 Å². The number of carbonyl (C=O) groups is 2. The quantitative estimate of drug-likeness (QED) is 0.0481. The number of carboxylic acid groups (broad SMARTS) is 2. The van der Waals surface area contributed by atoms with Crippen molar-refractivity contribution < 1.29 is 19.8 Å². The molecule has 0 unspecified atom stereocenters. The molecule has 0 saturated heterocycles. The standard InChI is InChI=1S/2C28H60P.C8H6O4/c2*1-5-9-13-14-15-16-17-18-19-20-21-22-23-24-28-29(25-10-6-2,26-11-7-3)27-12-8-4;9-7(10)5-2-1-3-6(4-5)8(11)12/h2*5-28H2,1-4H3;1-4H,(H,9,10)(H,11,12)/q2*+1;/p-2. The first kappa shape index (κ1) is 71.1. The smallest absolute Gasteiger partial charge is 0.0715 e. The van der Waals surface area contributed by atoms with Crippen molar-refractivity contribution in [1.29, 1.82) is 0 Å². The molecule has 4 nitrogen and oxygen atoms in total. The summed E-state index contributed by atoms with van der Waals surface area (Å²) in [4.78, 5) is 20.5. The zero-order valence-electron chi connectivity index (χ0n) is 48.8. The van der Waals surface area contributed by atoms with Gasteiger partial charge in [0.25, 0.3) is 0 Å². The van der Waals surface area contributed by atoms with Crippen LogP contribution in [0.2, 0.25) is 0 Å². The molecule has 414 valence electrons. The van der Waals surface area contributed by atoms with Gasteiger partial charge < -0.3 is 19.8 Å². The molecule has 0 bridgehead atoms. The lowest BCUT2D eigenvalue weighted by Gasteiger charge is -2.28. The number of hydrogen-bond donors (Lipinski definition) is 0. The van der Waals surface area contributed by atoms with E-state index < -0.39 is 26.5 Å². The molecule has 70 heavy (non-hydrogen) atoms. The van der Waals surface area contributed by atoms with E-state index in [4.69, 9.17) is 0 Å². The molecular formula is C64H124O4P2. The van der Waals surface area contributed by atoms with Crippen molar-refractivity contribution in [2.75, 3.05) is 49.3 Å². The van der Waals surface area contributed by atoms with Gasteiger partial charge in [-0.15, -0.1) is 0 Å². The molecule has 0 aliphatic rings. The summed E-state index contributed by atoms with van der Waals surface area (Å²) in [6.45, 7) is 19.0. The fourth-order valence-corrected chi connectivity index (χ4v) is 20.8. The summed E-state index contributed by atoms with van der Waals surface area (Å²) in [6, 6.07) is 4.81. The highest BCUT2D eigenvalue weighted by atomic mass is 31.2. The number of rotatable bonds is 50. The third kappa shape index (κ3) is 44.5. The SMILES string of the molecule is CCCCCCCCCCCCCCCC[P+](CCCC)(CCCC)CCCC.CCCCCCCCCCCCCCCC[P+](CCCC)(CCCC)CCCC.O=C([O-])c1cccc(C(=O)[O-])c1.